The number of hydrogen-bond acceptors (Lipinski definition) is 3. The van der Waals surface area contributed by atoms with Crippen LogP contribution in [0.15, 0.2) is 18.3 Å². The highest BCUT2D eigenvalue weighted by Gasteiger charge is 2.14. The summed E-state index contributed by atoms with van der Waals surface area (Å²) in [6.07, 6.45) is 7.50. The van der Waals surface area contributed by atoms with E-state index in [1.54, 1.807) is 0 Å². The van der Waals surface area contributed by atoms with Crippen molar-refractivity contribution in [3.05, 3.63) is 18.3 Å². The molecule has 0 aromatic carbocycles. The molecule has 0 atom stereocenters. The predicted molar refractivity (Wildman–Crippen MR) is 69.0 cm³/mol. The maximum Gasteiger partial charge on any atom is 0.128 e. The smallest absolute Gasteiger partial charge is 0.128 e. The molecule has 1 fully saturated rings. The summed E-state index contributed by atoms with van der Waals surface area (Å²) in [5.74, 6) is 1.87. The van der Waals surface area contributed by atoms with E-state index in [1.165, 1.54) is 25.7 Å². The monoisotopic (exact) mass is 219 g/mol. The molecule has 0 amide bonds. The molecular formula is C13H21N3. The molecule has 1 aromatic rings. The summed E-state index contributed by atoms with van der Waals surface area (Å²) < 4.78 is 0. The van der Waals surface area contributed by atoms with Crippen LogP contribution in [0.5, 0.6) is 0 Å². The lowest BCUT2D eigenvalue weighted by atomic mass is 10.1. The maximum atomic E-state index is 4.39. The summed E-state index contributed by atoms with van der Waals surface area (Å²) in [5.41, 5.74) is 1.14. The van der Waals surface area contributed by atoms with Crippen molar-refractivity contribution < 1.29 is 0 Å². The van der Waals surface area contributed by atoms with E-state index < -0.39 is 0 Å². The lowest BCUT2D eigenvalue weighted by Gasteiger charge is -2.14. The Kier molecular flexibility index (Phi) is 3.65. The molecule has 1 N–H and O–H groups in total. The van der Waals surface area contributed by atoms with Gasteiger partial charge in [-0.3, -0.25) is 0 Å². The molecule has 1 aliphatic rings. The minimum Gasteiger partial charge on any atom is -0.384 e. The van der Waals surface area contributed by atoms with Crippen molar-refractivity contribution >= 4 is 11.5 Å². The molecule has 3 heteroatoms. The maximum absolute atomic E-state index is 4.39. The Morgan fingerprint density at radius 3 is 2.62 bits per heavy atom. The van der Waals surface area contributed by atoms with Crippen LogP contribution in [0.1, 0.15) is 25.7 Å². The first-order valence-corrected chi connectivity index (χ1v) is 6.13. The largest absolute Gasteiger partial charge is 0.384 e. The van der Waals surface area contributed by atoms with Crippen LogP contribution in [0, 0.1) is 5.92 Å². The van der Waals surface area contributed by atoms with Gasteiger partial charge in [-0.05, 0) is 30.9 Å². The van der Waals surface area contributed by atoms with Crippen LogP contribution in [0.2, 0.25) is 0 Å². The van der Waals surface area contributed by atoms with Crippen molar-refractivity contribution in [2.45, 2.75) is 25.7 Å². The molecule has 0 radical (unpaired) electrons. The summed E-state index contributed by atoms with van der Waals surface area (Å²) in [6.45, 7) is 1.10. The van der Waals surface area contributed by atoms with Crippen molar-refractivity contribution in [1.82, 2.24) is 4.98 Å². The number of hydrogen-bond donors (Lipinski definition) is 1. The first-order valence-electron chi connectivity index (χ1n) is 6.13. The number of pyridine rings is 1. The second kappa shape index (κ2) is 5.19. The standard InChI is InChI=1S/C13H21N3/c1-16(2)13-8-7-12(10-15-13)14-9-11-5-3-4-6-11/h7-8,10-11,14H,3-6,9H2,1-2H3. The molecule has 0 saturated heterocycles. The van der Waals surface area contributed by atoms with Crippen molar-refractivity contribution in [1.29, 1.82) is 0 Å². The van der Waals surface area contributed by atoms with Gasteiger partial charge in [-0.15, -0.1) is 0 Å². The average molecular weight is 219 g/mol. The van der Waals surface area contributed by atoms with Gasteiger partial charge in [0.25, 0.3) is 0 Å². The molecule has 0 unspecified atom stereocenters. The van der Waals surface area contributed by atoms with Crippen LogP contribution in [-0.4, -0.2) is 25.6 Å². The second-order valence-corrected chi connectivity index (χ2v) is 4.83. The van der Waals surface area contributed by atoms with E-state index in [1.807, 2.05) is 25.2 Å². The summed E-state index contributed by atoms with van der Waals surface area (Å²) in [7, 11) is 4.02. The SMILES string of the molecule is CN(C)c1ccc(NCC2CCCC2)cn1. The fourth-order valence-corrected chi connectivity index (χ4v) is 2.23. The van der Waals surface area contributed by atoms with E-state index in [0.29, 0.717) is 0 Å². The van der Waals surface area contributed by atoms with Gasteiger partial charge >= 0.3 is 0 Å². The van der Waals surface area contributed by atoms with Gasteiger partial charge in [-0.1, -0.05) is 12.8 Å². The van der Waals surface area contributed by atoms with E-state index in [4.69, 9.17) is 0 Å². The lowest BCUT2D eigenvalue weighted by Crippen LogP contribution is -2.12. The predicted octanol–water partition coefficient (Wildman–Crippen LogP) is 2.75. The van der Waals surface area contributed by atoms with Gasteiger partial charge in [0.2, 0.25) is 0 Å². The highest BCUT2D eigenvalue weighted by atomic mass is 15.1. The number of nitrogens with one attached hydrogen (secondary N) is 1. The van der Waals surface area contributed by atoms with Gasteiger partial charge in [0, 0.05) is 20.6 Å². The summed E-state index contributed by atoms with van der Waals surface area (Å²) in [5, 5.41) is 3.47. The molecule has 3 nitrogen and oxygen atoms in total. The zero-order chi connectivity index (χ0) is 11.4. The van der Waals surface area contributed by atoms with Crippen molar-refractivity contribution in [2.75, 3.05) is 30.9 Å². The quantitative estimate of drug-likeness (QED) is 0.844. The highest BCUT2D eigenvalue weighted by Crippen LogP contribution is 2.25. The van der Waals surface area contributed by atoms with Crippen molar-refractivity contribution in [2.24, 2.45) is 5.92 Å². The van der Waals surface area contributed by atoms with E-state index >= 15 is 0 Å². The van der Waals surface area contributed by atoms with Crippen LogP contribution in [0.25, 0.3) is 0 Å². The van der Waals surface area contributed by atoms with Gasteiger partial charge in [-0.25, -0.2) is 4.98 Å². The van der Waals surface area contributed by atoms with Crippen molar-refractivity contribution in [3.8, 4) is 0 Å². The Bertz CT molecular complexity index is 312. The minimum absolute atomic E-state index is 0.869. The third-order valence-electron chi connectivity index (χ3n) is 3.28. The molecule has 1 aliphatic carbocycles. The molecule has 1 aromatic heterocycles. The Hall–Kier alpha value is -1.25. The highest BCUT2D eigenvalue weighted by molar-refractivity contribution is 5.47. The number of aromatic nitrogens is 1. The second-order valence-electron chi connectivity index (χ2n) is 4.83. The fourth-order valence-electron chi connectivity index (χ4n) is 2.23. The normalized spacial score (nSPS) is 16.4. The summed E-state index contributed by atoms with van der Waals surface area (Å²) >= 11 is 0. The Morgan fingerprint density at radius 2 is 2.06 bits per heavy atom. The van der Waals surface area contributed by atoms with Crippen LogP contribution in [0.4, 0.5) is 11.5 Å². The summed E-state index contributed by atoms with van der Waals surface area (Å²) in [6, 6.07) is 4.16. The van der Waals surface area contributed by atoms with E-state index in [-0.39, 0.29) is 0 Å². The van der Waals surface area contributed by atoms with E-state index in [0.717, 1.165) is 24.0 Å². The minimum atomic E-state index is 0.869. The van der Waals surface area contributed by atoms with Gasteiger partial charge in [0.05, 0.1) is 11.9 Å². The first-order chi connectivity index (χ1) is 7.75. The molecule has 1 saturated carbocycles. The average Bonchev–Trinajstić information content (AvgIpc) is 2.80. The Morgan fingerprint density at radius 1 is 1.31 bits per heavy atom. The first kappa shape index (κ1) is 11.2. The van der Waals surface area contributed by atoms with E-state index in [9.17, 15) is 0 Å². The molecule has 2 rings (SSSR count). The van der Waals surface area contributed by atoms with Crippen LogP contribution in [-0.2, 0) is 0 Å². The Balaban J connectivity index is 1.84. The van der Waals surface area contributed by atoms with E-state index in [2.05, 4.69) is 22.4 Å². The fraction of sp³-hybridized carbons (Fsp3) is 0.615. The topological polar surface area (TPSA) is 28.2 Å². The number of rotatable bonds is 4. The zero-order valence-electron chi connectivity index (χ0n) is 10.2. The van der Waals surface area contributed by atoms with Crippen molar-refractivity contribution in [3.63, 3.8) is 0 Å². The number of anilines is 2. The molecule has 16 heavy (non-hydrogen) atoms. The third-order valence-corrected chi connectivity index (χ3v) is 3.28. The van der Waals surface area contributed by atoms with Crippen LogP contribution < -0.4 is 10.2 Å². The molecule has 0 spiro atoms. The van der Waals surface area contributed by atoms with Gasteiger partial charge < -0.3 is 10.2 Å². The molecule has 0 bridgehead atoms. The third kappa shape index (κ3) is 2.87. The molecule has 88 valence electrons. The molecule has 0 aliphatic heterocycles. The molecular weight excluding hydrogens is 198 g/mol. The van der Waals surface area contributed by atoms with Gasteiger partial charge in [-0.2, -0.15) is 0 Å². The summed E-state index contributed by atoms with van der Waals surface area (Å²) in [4.78, 5) is 6.40. The van der Waals surface area contributed by atoms with Gasteiger partial charge in [0.1, 0.15) is 5.82 Å². The van der Waals surface area contributed by atoms with Crippen LogP contribution >= 0.6 is 0 Å². The lowest BCUT2D eigenvalue weighted by molar-refractivity contribution is 0.580. The molecule has 1 heterocycles. The zero-order valence-corrected chi connectivity index (χ0v) is 10.2. The van der Waals surface area contributed by atoms with Crippen LogP contribution in [0.3, 0.4) is 0 Å². The Labute approximate surface area is 97.9 Å². The number of nitrogens with zero attached hydrogens (tertiary/aromatic N) is 2. The van der Waals surface area contributed by atoms with Gasteiger partial charge in [0.15, 0.2) is 0 Å².